The predicted molar refractivity (Wildman–Crippen MR) is 51.7 cm³/mol. The van der Waals surface area contributed by atoms with Crippen LogP contribution in [0.25, 0.3) is 0 Å². The van der Waals surface area contributed by atoms with Crippen molar-refractivity contribution in [3.8, 4) is 12.3 Å². The fourth-order valence-corrected chi connectivity index (χ4v) is 1.34. The molecule has 0 heterocycles. The minimum absolute atomic E-state index is 0.770. The summed E-state index contributed by atoms with van der Waals surface area (Å²) < 4.78 is 0. The van der Waals surface area contributed by atoms with Crippen LogP contribution in [0.15, 0.2) is 0 Å². The van der Waals surface area contributed by atoms with Crippen LogP contribution in [0.5, 0.6) is 0 Å². The van der Waals surface area contributed by atoms with Crippen molar-refractivity contribution in [3.63, 3.8) is 0 Å². The molecule has 0 aromatic carbocycles. The lowest BCUT2D eigenvalue weighted by atomic mass is 10.3. The molecule has 1 fully saturated rings. The Morgan fingerprint density at radius 1 is 1.50 bits per heavy atom. The van der Waals surface area contributed by atoms with Gasteiger partial charge in [-0.2, -0.15) is 0 Å². The molecule has 0 radical (unpaired) electrons. The molecular formula is C10H18N2. The van der Waals surface area contributed by atoms with Crippen LogP contribution in [0.2, 0.25) is 0 Å². The molecule has 0 unspecified atom stereocenters. The van der Waals surface area contributed by atoms with Crippen LogP contribution in [0.1, 0.15) is 19.3 Å². The first kappa shape index (κ1) is 9.57. The van der Waals surface area contributed by atoms with E-state index in [1.54, 1.807) is 0 Å². The van der Waals surface area contributed by atoms with E-state index in [0.717, 1.165) is 32.0 Å². The van der Waals surface area contributed by atoms with Gasteiger partial charge in [0.2, 0.25) is 0 Å². The number of hydrogen-bond acceptors (Lipinski definition) is 2. The fraction of sp³-hybridized carbons (Fsp3) is 0.800. The van der Waals surface area contributed by atoms with E-state index >= 15 is 0 Å². The van der Waals surface area contributed by atoms with E-state index < -0.39 is 0 Å². The maximum absolute atomic E-state index is 5.44. The highest BCUT2D eigenvalue weighted by Crippen LogP contribution is 2.29. The second-order valence-electron chi connectivity index (χ2n) is 3.52. The van der Waals surface area contributed by atoms with Gasteiger partial charge in [0.1, 0.15) is 0 Å². The highest BCUT2D eigenvalue weighted by Gasteiger charge is 2.23. The lowest BCUT2D eigenvalue weighted by Crippen LogP contribution is -2.28. The second kappa shape index (κ2) is 5.18. The van der Waals surface area contributed by atoms with Crippen molar-refractivity contribution >= 4 is 0 Å². The van der Waals surface area contributed by atoms with Crippen molar-refractivity contribution in [2.24, 2.45) is 11.7 Å². The molecule has 0 aliphatic heterocycles. The van der Waals surface area contributed by atoms with Crippen molar-refractivity contribution in [2.75, 3.05) is 26.2 Å². The SMILES string of the molecule is C#CCN(CCCN)CC1CC1. The van der Waals surface area contributed by atoms with E-state index in [4.69, 9.17) is 12.2 Å². The van der Waals surface area contributed by atoms with Gasteiger partial charge in [-0.15, -0.1) is 6.42 Å². The van der Waals surface area contributed by atoms with Crippen molar-refractivity contribution in [1.82, 2.24) is 4.90 Å². The van der Waals surface area contributed by atoms with Crippen molar-refractivity contribution in [3.05, 3.63) is 0 Å². The smallest absolute Gasteiger partial charge is 0.0599 e. The predicted octanol–water partition coefficient (Wildman–Crippen LogP) is 0.680. The third kappa shape index (κ3) is 3.75. The molecule has 0 bridgehead atoms. The lowest BCUT2D eigenvalue weighted by Gasteiger charge is -2.18. The Kier molecular flexibility index (Phi) is 4.13. The Balaban J connectivity index is 2.12. The summed E-state index contributed by atoms with van der Waals surface area (Å²) in [5.41, 5.74) is 5.44. The van der Waals surface area contributed by atoms with E-state index in [1.807, 2.05) is 0 Å². The summed E-state index contributed by atoms with van der Waals surface area (Å²) in [6.07, 6.45) is 9.12. The van der Waals surface area contributed by atoms with Gasteiger partial charge >= 0.3 is 0 Å². The first-order valence-corrected chi connectivity index (χ1v) is 4.72. The monoisotopic (exact) mass is 166 g/mol. The molecule has 0 aromatic heterocycles. The van der Waals surface area contributed by atoms with Gasteiger partial charge in [-0.05, 0) is 31.7 Å². The van der Waals surface area contributed by atoms with Crippen LogP contribution >= 0.6 is 0 Å². The molecule has 1 aliphatic carbocycles. The molecule has 0 aromatic rings. The summed E-state index contributed by atoms with van der Waals surface area (Å²) in [6, 6.07) is 0. The molecular weight excluding hydrogens is 148 g/mol. The van der Waals surface area contributed by atoms with Crippen molar-refractivity contribution in [2.45, 2.75) is 19.3 Å². The Bertz CT molecular complexity index is 156. The van der Waals surface area contributed by atoms with Gasteiger partial charge in [-0.3, -0.25) is 4.90 Å². The van der Waals surface area contributed by atoms with Crippen LogP contribution in [-0.4, -0.2) is 31.1 Å². The van der Waals surface area contributed by atoms with Crippen molar-refractivity contribution < 1.29 is 0 Å². The first-order chi connectivity index (χ1) is 5.86. The van der Waals surface area contributed by atoms with Gasteiger partial charge in [0.15, 0.2) is 0 Å². The molecule has 2 heteroatoms. The number of nitrogens with two attached hydrogens (primary N) is 1. The molecule has 0 atom stereocenters. The van der Waals surface area contributed by atoms with Crippen molar-refractivity contribution in [1.29, 1.82) is 0 Å². The minimum Gasteiger partial charge on any atom is -0.330 e. The van der Waals surface area contributed by atoms with Gasteiger partial charge in [-0.1, -0.05) is 5.92 Å². The molecule has 1 rings (SSSR count). The van der Waals surface area contributed by atoms with Gasteiger partial charge in [0, 0.05) is 13.1 Å². The molecule has 1 saturated carbocycles. The van der Waals surface area contributed by atoms with Crippen LogP contribution < -0.4 is 5.73 Å². The maximum Gasteiger partial charge on any atom is 0.0599 e. The zero-order valence-electron chi connectivity index (χ0n) is 7.63. The maximum atomic E-state index is 5.44. The zero-order chi connectivity index (χ0) is 8.81. The first-order valence-electron chi connectivity index (χ1n) is 4.72. The Morgan fingerprint density at radius 3 is 2.75 bits per heavy atom. The van der Waals surface area contributed by atoms with E-state index in [9.17, 15) is 0 Å². The molecule has 2 N–H and O–H groups in total. The van der Waals surface area contributed by atoms with E-state index in [0.29, 0.717) is 0 Å². The number of rotatable bonds is 6. The molecule has 12 heavy (non-hydrogen) atoms. The molecule has 0 saturated heterocycles. The third-order valence-electron chi connectivity index (χ3n) is 2.21. The van der Waals surface area contributed by atoms with Gasteiger partial charge in [0.05, 0.1) is 6.54 Å². The standard InChI is InChI=1S/C10H18N2/c1-2-7-12(8-3-6-11)9-10-4-5-10/h1,10H,3-9,11H2. The molecule has 1 aliphatic rings. The Labute approximate surface area is 75.1 Å². The summed E-state index contributed by atoms with van der Waals surface area (Å²) in [5, 5.41) is 0. The number of terminal acetylenes is 1. The molecule has 2 nitrogen and oxygen atoms in total. The third-order valence-corrected chi connectivity index (χ3v) is 2.21. The molecule has 68 valence electrons. The highest BCUT2D eigenvalue weighted by atomic mass is 15.1. The van der Waals surface area contributed by atoms with E-state index in [-0.39, 0.29) is 0 Å². The fourth-order valence-electron chi connectivity index (χ4n) is 1.34. The van der Waals surface area contributed by atoms with Gasteiger partial charge in [-0.25, -0.2) is 0 Å². The Hall–Kier alpha value is -0.520. The normalized spacial score (nSPS) is 16.4. The topological polar surface area (TPSA) is 29.3 Å². The second-order valence-corrected chi connectivity index (χ2v) is 3.52. The molecule has 0 amide bonds. The summed E-state index contributed by atoms with van der Waals surface area (Å²) in [7, 11) is 0. The molecule has 0 spiro atoms. The summed E-state index contributed by atoms with van der Waals surface area (Å²) in [6.45, 7) is 3.81. The highest BCUT2D eigenvalue weighted by molar-refractivity contribution is 4.90. The lowest BCUT2D eigenvalue weighted by molar-refractivity contribution is 0.292. The average molecular weight is 166 g/mol. The number of nitrogens with zero attached hydrogens (tertiary/aromatic N) is 1. The summed E-state index contributed by atoms with van der Waals surface area (Å²) >= 11 is 0. The number of hydrogen-bond donors (Lipinski definition) is 1. The largest absolute Gasteiger partial charge is 0.330 e. The van der Waals surface area contributed by atoms with Crippen LogP contribution in [0.4, 0.5) is 0 Å². The van der Waals surface area contributed by atoms with E-state index in [1.165, 1.54) is 19.4 Å². The quantitative estimate of drug-likeness (QED) is 0.588. The van der Waals surface area contributed by atoms with E-state index in [2.05, 4.69) is 10.8 Å². The zero-order valence-corrected chi connectivity index (χ0v) is 7.63. The minimum atomic E-state index is 0.770. The Morgan fingerprint density at radius 2 is 2.25 bits per heavy atom. The average Bonchev–Trinajstić information content (AvgIpc) is 2.84. The van der Waals surface area contributed by atoms with Crippen LogP contribution in [0.3, 0.4) is 0 Å². The summed E-state index contributed by atoms with van der Waals surface area (Å²) in [5.74, 6) is 3.62. The van der Waals surface area contributed by atoms with Gasteiger partial charge in [0.25, 0.3) is 0 Å². The summed E-state index contributed by atoms with van der Waals surface area (Å²) in [4.78, 5) is 2.34. The van der Waals surface area contributed by atoms with Crippen LogP contribution in [0, 0.1) is 18.3 Å². The van der Waals surface area contributed by atoms with Crippen LogP contribution in [-0.2, 0) is 0 Å². The van der Waals surface area contributed by atoms with Gasteiger partial charge < -0.3 is 5.73 Å².